The normalized spacial score (nSPS) is 16.9. The molecule has 1 aromatic carbocycles. The number of ether oxygens (including phenoxy) is 1. The van der Waals surface area contributed by atoms with Gasteiger partial charge in [-0.2, -0.15) is 5.10 Å². The summed E-state index contributed by atoms with van der Waals surface area (Å²) < 4.78 is 7.83. The molecule has 5 heterocycles. The van der Waals surface area contributed by atoms with E-state index in [1.807, 2.05) is 19.1 Å². The number of hydrogen-bond donors (Lipinski definition) is 2. The molecular formula is C28H31N7O3. The van der Waals surface area contributed by atoms with Gasteiger partial charge in [-0.1, -0.05) is 6.07 Å². The highest BCUT2D eigenvalue weighted by atomic mass is 16.5. The van der Waals surface area contributed by atoms with Gasteiger partial charge in [-0.3, -0.25) is 14.5 Å². The van der Waals surface area contributed by atoms with Crippen molar-refractivity contribution in [3.63, 3.8) is 0 Å². The van der Waals surface area contributed by atoms with Crippen LogP contribution in [0.5, 0.6) is 5.75 Å². The van der Waals surface area contributed by atoms with Crippen LogP contribution in [0.25, 0.3) is 5.65 Å². The van der Waals surface area contributed by atoms with Gasteiger partial charge in [0.05, 0.1) is 17.6 Å². The van der Waals surface area contributed by atoms with Crippen LogP contribution in [0.1, 0.15) is 41.0 Å². The minimum Gasteiger partial charge on any atom is -0.487 e. The van der Waals surface area contributed by atoms with Gasteiger partial charge in [-0.05, 0) is 38.5 Å². The smallest absolute Gasteiger partial charge is 0.261 e. The monoisotopic (exact) mass is 513 g/mol. The fourth-order valence-electron chi connectivity index (χ4n) is 5.30. The van der Waals surface area contributed by atoms with Crippen molar-refractivity contribution in [1.82, 2.24) is 24.5 Å². The van der Waals surface area contributed by atoms with Gasteiger partial charge < -0.3 is 19.9 Å². The first-order chi connectivity index (χ1) is 18.3. The van der Waals surface area contributed by atoms with Gasteiger partial charge in [0.2, 0.25) is 5.56 Å². The number of aromatic nitrogens is 4. The quantitative estimate of drug-likeness (QED) is 0.422. The summed E-state index contributed by atoms with van der Waals surface area (Å²) in [5.41, 5.74) is 5.36. The number of piperazine rings is 1. The number of H-pyrrole nitrogens is 1. The molecule has 0 bridgehead atoms. The van der Waals surface area contributed by atoms with Crippen LogP contribution in [0.3, 0.4) is 0 Å². The number of carbonyl (C=O) groups is 1. The van der Waals surface area contributed by atoms with Gasteiger partial charge in [0.1, 0.15) is 16.9 Å². The zero-order valence-corrected chi connectivity index (χ0v) is 21.8. The van der Waals surface area contributed by atoms with Crippen LogP contribution in [-0.2, 0) is 13.0 Å². The van der Waals surface area contributed by atoms with Crippen molar-refractivity contribution in [3.8, 4) is 5.75 Å². The van der Waals surface area contributed by atoms with Gasteiger partial charge >= 0.3 is 0 Å². The van der Waals surface area contributed by atoms with Crippen molar-refractivity contribution in [2.75, 3.05) is 36.4 Å². The Morgan fingerprint density at radius 3 is 2.82 bits per heavy atom. The Bertz CT molecular complexity index is 1580. The zero-order chi connectivity index (χ0) is 26.4. The highest BCUT2D eigenvalue weighted by molar-refractivity contribution is 6.09. The number of amides is 1. The third kappa shape index (κ3) is 4.63. The number of aromatic amines is 1. The first kappa shape index (κ1) is 24.2. The van der Waals surface area contributed by atoms with Gasteiger partial charge in [0.15, 0.2) is 5.65 Å². The van der Waals surface area contributed by atoms with Crippen LogP contribution in [0.2, 0.25) is 0 Å². The average Bonchev–Trinajstić information content (AvgIpc) is 3.45. The van der Waals surface area contributed by atoms with Crippen molar-refractivity contribution in [2.24, 2.45) is 0 Å². The summed E-state index contributed by atoms with van der Waals surface area (Å²) in [6.07, 6.45) is 5.74. The van der Waals surface area contributed by atoms with Gasteiger partial charge in [-0.15, -0.1) is 0 Å². The van der Waals surface area contributed by atoms with Crippen molar-refractivity contribution in [2.45, 2.75) is 39.3 Å². The maximum absolute atomic E-state index is 13.4. The summed E-state index contributed by atoms with van der Waals surface area (Å²) in [4.78, 5) is 37.1. The molecular weight excluding hydrogens is 482 g/mol. The lowest BCUT2D eigenvalue weighted by Crippen LogP contribution is -2.46. The molecule has 3 aromatic heterocycles. The van der Waals surface area contributed by atoms with Crippen LogP contribution in [0, 0.1) is 6.92 Å². The molecule has 0 spiro atoms. The van der Waals surface area contributed by atoms with E-state index in [0.717, 1.165) is 66.5 Å². The Morgan fingerprint density at radius 1 is 1.18 bits per heavy atom. The van der Waals surface area contributed by atoms with E-state index in [4.69, 9.17) is 4.74 Å². The van der Waals surface area contributed by atoms with Crippen LogP contribution in [0.15, 0.2) is 53.7 Å². The maximum Gasteiger partial charge on any atom is 0.261 e. The first-order valence-electron chi connectivity index (χ1n) is 12.9. The fourth-order valence-corrected chi connectivity index (χ4v) is 5.30. The summed E-state index contributed by atoms with van der Waals surface area (Å²) in [6, 6.07) is 9.31. The van der Waals surface area contributed by atoms with Crippen molar-refractivity contribution >= 4 is 22.9 Å². The molecule has 0 saturated carbocycles. The number of hydrogen-bond acceptors (Lipinski definition) is 7. The lowest BCUT2D eigenvalue weighted by molar-refractivity contribution is 0.102. The summed E-state index contributed by atoms with van der Waals surface area (Å²) >= 11 is 0. The number of pyridine rings is 1. The predicted octanol–water partition coefficient (Wildman–Crippen LogP) is 3.01. The number of anilines is 2. The Balaban J connectivity index is 1.25. The maximum atomic E-state index is 13.4. The number of fused-ring (bicyclic) bond motifs is 2. The second kappa shape index (κ2) is 9.29. The lowest BCUT2D eigenvalue weighted by atomic mass is 10.0. The zero-order valence-electron chi connectivity index (χ0n) is 21.8. The van der Waals surface area contributed by atoms with E-state index < -0.39 is 0 Å². The molecule has 1 amide bonds. The van der Waals surface area contributed by atoms with E-state index in [9.17, 15) is 9.59 Å². The molecule has 0 radical (unpaired) electrons. The molecule has 2 N–H and O–H groups in total. The Kier molecular flexibility index (Phi) is 5.91. The number of nitrogens with zero attached hydrogens (tertiary/aromatic N) is 5. The van der Waals surface area contributed by atoms with Crippen LogP contribution < -0.4 is 20.5 Å². The molecule has 6 rings (SSSR count). The van der Waals surface area contributed by atoms with Crippen molar-refractivity contribution in [1.29, 1.82) is 0 Å². The van der Waals surface area contributed by atoms with Gasteiger partial charge in [-0.25, -0.2) is 9.50 Å². The lowest BCUT2D eigenvalue weighted by Gasteiger charge is -2.37. The van der Waals surface area contributed by atoms with E-state index >= 15 is 0 Å². The van der Waals surface area contributed by atoms with E-state index in [-0.39, 0.29) is 17.1 Å². The minimum atomic E-state index is -0.294. The molecule has 10 nitrogen and oxygen atoms in total. The molecule has 10 heteroatoms. The Hall–Kier alpha value is -4.18. The number of aryl methyl sites for hydroxylation is 1. The standard InChI is InChI=1S/C28H31N7O3/c1-18-5-6-25(36)31-22(18)17-33-9-11-34(12-10-33)23-14-24-19(15-28(2,3)38-24)13-21(23)32-27(37)20-16-30-35-8-4-7-29-26(20)35/h4-8,13-14,16H,9-12,15,17H2,1-3H3,(H,31,36)(H,32,37). The summed E-state index contributed by atoms with van der Waals surface area (Å²) in [5, 5.41) is 7.40. The summed E-state index contributed by atoms with van der Waals surface area (Å²) in [5.74, 6) is 0.612. The minimum absolute atomic E-state index is 0.0768. The molecule has 0 unspecified atom stereocenters. The third-order valence-electron chi connectivity index (χ3n) is 7.28. The van der Waals surface area contributed by atoms with Gasteiger partial charge in [0.25, 0.3) is 5.91 Å². The highest BCUT2D eigenvalue weighted by Gasteiger charge is 2.32. The Morgan fingerprint density at radius 2 is 2.00 bits per heavy atom. The van der Waals surface area contributed by atoms with Crippen LogP contribution in [-0.4, -0.2) is 62.2 Å². The molecule has 1 fully saturated rings. The Labute approximate surface area is 220 Å². The predicted molar refractivity (Wildman–Crippen MR) is 145 cm³/mol. The molecule has 0 atom stereocenters. The summed E-state index contributed by atoms with van der Waals surface area (Å²) in [6.45, 7) is 10.1. The SMILES string of the molecule is Cc1ccc(=O)[nH]c1CN1CCN(c2cc3c(cc2NC(=O)c2cnn4cccnc24)CC(C)(C)O3)CC1. The molecule has 38 heavy (non-hydrogen) atoms. The molecule has 0 aliphatic carbocycles. The number of benzene rings is 1. The van der Waals surface area contributed by atoms with Crippen molar-refractivity contribution in [3.05, 3.63) is 81.7 Å². The highest BCUT2D eigenvalue weighted by Crippen LogP contribution is 2.42. The molecule has 2 aliphatic rings. The topological polar surface area (TPSA) is 108 Å². The second-order valence-electron chi connectivity index (χ2n) is 10.7. The number of nitrogens with one attached hydrogen (secondary N) is 2. The van der Waals surface area contributed by atoms with Crippen LogP contribution in [0.4, 0.5) is 11.4 Å². The van der Waals surface area contributed by atoms with E-state index in [1.165, 1.54) is 0 Å². The molecule has 196 valence electrons. The van der Waals surface area contributed by atoms with Gasteiger partial charge in [0, 0.05) is 74.9 Å². The number of rotatable bonds is 5. The molecule has 1 saturated heterocycles. The first-order valence-corrected chi connectivity index (χ1v) is 12.9. The molecule has 2 aliphatic heterocycles. The summed E-state index contributed by atoms with van der Waals surface area (Å²) in [7, 11) is 0. The van der Waals surface area contributed by atoms with Crippen LogP contribution >= 0.6 is 0 Å². The molecule has 4 aromatic rings. The average molecular weight is 514 g/mol. The van der Waals surface area contributed by atoms with E-state index in [2.05, 4.69) is 50.1 Å². The largest absolute Gasteiger partial charge is 0.487 e. The third-order valence-corrected chi connectivity index (χ3v) is 7.28. The fraction of sp³-hybridized carbons (Fsp3) is 0.357. The van der Waals surface area contributed by atoms with Crippen molar-refractivity contribution < 1.29 is 9.53 Å². The second-order valence-corrected chi connectivity index (χ2v) is 10.7. The van der Waals surface area contributed by atoms with E-state index in [0.29, 0.717) is 17.8 Å². The van der Waals surface area contributed by atoms with E-state index in [1.54, 1.807) is 35.2 Å². The number of carbonyl (C=O) groups excluding carboxylic acids is 1.